The summed E-state index contributed by atoms with van der Waals surface area (Å²) in [5, 5.41) is 2.61. The predicted octanol–water partition coefficient (Wildman–Crippen LogP) is 19.1. The number of amides is 6. The van der Waals surface area contributed by atoms with Gasteiger partial charge in [0.1, 0.15) is 58.1 Å². The van der Waals surface area contributed by atoms with Gasteiger partial charge in [0.05, 0.1) is 22.3 Å². The molecule has 0 radical (unpaired) electrons. The molecule has 0 aliphatic carbocycles. The second-order valence-electron chi connectivity index (χ2n) is 30.6. The highest BCUT2D eigenvalue weighted by Crippen LogP contribution is 2.58. The SMILES string of the molecule is CCN(CC)C(=O)C(C(C)C)N1C(=O)c2cc(Oc3ccc(C(C)(C)C)cc3)c3c4c(Oc5ccc(C(C)(C)C)cc5)cc5c6c(cc(Oc7ccc(C(C)(C)C)cc7)c(c7c(Oc8ccc(C(C)(C)C)cc8)cc(c2c37)C1=O)c64)C(=O)N(C(C(=O)N(CC)CC)C(C)C)C5=O. The lowest BCUT2D eigenvalue weighted by Crippen LogP contribution is -2.56. The van der Waals surface area contributed by atoms with Crippen molar-refractivity contribution in [3.8, 4) is 46.0 Å². The van der Waals surface area contributed by atoms with Gasteiger partial charge in [-0.15, -0.1) is 0 Å². The van der Waals surface area contributed by atoms with E-state index >= 15 is 19.2 Å². The van der Waals surface area contributed by atoms with E-state index in [1.54, 1.807) is 34.1 Å². The first-order chi connectivity index (χ1) is 45.1. The fourth-order valence-corrected chi connectivity index (χ4v) is 13.8. The van der Waals surface area contributed by atoms with Crippen molar-refractivity contribution in [2.45, 2.75) is 172 Å². The van der Waals surface area contributed by atoms with Crippen LogP contribution in [0.4, 0.5) is 0 Å². The Morgan fingerprint density at radius 2 is 0.531 bits per heavy atom. The topological polar surface area (TPSA) is 152 Å². The van der Waals surface area contributed by atoms with E-state index in [1.807, 2.05) is 152 Å². The number of nitrogens with zero attached hydrogens (tertiary/aromatic N) is 4. The van der Waals surface area contributed by atoms with E-state index in [-0.39, 0.29) is 89.5 Å². The minimum Gasteiger partial charge on any atom is -0.457 e. The van der Waals surface area contributed by atoms with Gasteiger partial charge in [-0.1, -0.05) is 159 Å². The van der Waals surface area contributed by atoms with Crippen molar-refractivity contribution < 1.29 is 47.7 Å². The van der Waals surface area contributed by atoms with E-state index in [0.29, 0.717) is 81.5 Å². The largest absolute Gasteiger partial charge is 0.457 e. The Morgan fingerprint density at radius 3 is 0.698 bits per heavy atom. The maximum absolute atomic E-state index is 16.3. The number of likely N-dealkylation sites (N-methyl/N-ethyl adjacent to an activating group) is 2. The summed E-state index contributed by atoms with van der Waals surface area (Å²) >= 11 is 0. The molecule has 9 aromatic rings. The van der Waals surface area contributed by atoms with Gasteiger partial charge in [-0.25, -0.2) is 0 Å². The molecule has 0 saturated heterocycles. The van der Waals surface area contributed by atoms with Crippen LogP contribution >= 0.6 is 0 Å². The molecular formula is C82H92N4O10. The minimum atomic E-state index is -1.22. The maximum atomic E-state index is 16.3. The average molecular weight is 1290 g/mol. The third kappa shape index (κ3) is 12.0. The number of carbonyl (C=O) groups excluding carboxylic acids is 6. The molecule has 14 heteroatoms. The molecular weight excluding hydrogens is 1200 g/mol. The second kappa shape index (κ2) is 25.0. The maximum Gasteiger partial charge on any atom is 0.262 e. The molecule has 9 aromatic carbocycles. The van der Waals surface area contributed by atoms with E-state index in [0.717, 1.165) is 32.1 Å². The number of benzene rings is 9. The number of hydrogen-bond donors (Lipinski definition) is 0. The highest BCUT2D eigenvalue weighted by atomic mass is 16.5. The quantitative estimate of drug-likeness (QED) is 0.0461. The van der Waals surface area contributed by atoms with Crippen LogP contribution in [0.1, 0.15) is 202 Å². The lowest BCUT2D eigenvalue weighted by atomic mass is 9.80. The normalized spacial score (nSPS) is 14.4. The van der Waals surface area contributed by atoms with Crippen LogP contribution in [0.5, 0.6) is 46.0 Å². The van der Waals surface area contributed by atoms with E-state index in [9.17, 15) is 9.59 Å². The Bertz CT molecular complexity index is 4030. The van der Waals surface area contributed by atoms with Crippen molar-refractivity contribution in [2.24, 2.45) is 11.8 Å². The average Bonchev–Trinajstić information content (AvgIpc) is 0.671. The summed E-state index contributed by atoms with van der Waals surface area (Å²) in [6, 6.07) is 35.1. The van der Waals surface area contributed by atoms with Gasteiger partial charge in [0.25, 0.3) is 23.6 Å². The molecule has 0 spiro atoms. The Balaban J connectivity index is 1.38. The van der Waals surface area contributed by atoms with E-state index < -0.39 is 47.5 Å². The standard InChI is InChI=1S/C82H92N4O10/c1-21-83(22-2)77(91)71(45(5)6)85-73(87)55-41-59(93-51-33-25-47(26-34-51)79(9,10)11)65-67-61(95-53-37-29-49(30-38-53)81(15,16)17)43-57-64-58(76(90)86(75(57)89)72(46(7)8)78(92)84(23-3)24-4)44-62(96-54-39-31-50(32-40-54)82(18,19)20)68(70(64)67)66-60(42-56(74(85)88)63(55)69(65)66)94-52-35-27-48(28-36-52)80(12,13)14/h25-46,71-72H,21-24H2,1-20H3. The fourth-order valence-electron chi connectivity index (χ4n) is 13.8. The molecule has 0 saturated carbocycles. The molecule has 2 aliphatic rings. The monoisotopic (exact) mass is 1290 g/mol. The van der Waals surface area contributed by atoms with Gasteiger partial charge < -0.3 is 28.7 Å². The summed E-state index contributed by atoms with van der Waals surface area (Å²) in [5.74, 6) is -2.41. The number of rotatable bonds is 18. The molecule has 6 amide bonds. The third-order valence-corrected chi connectivity index (χ3v) is 19.2. The molecule has 500 valence electrons. The van der Waals surface area contributed by atoms with Crippen LogP contribution in [0.2, 0.25) is 0 Å². The first-order valence-electron chi connectivity index (χ1n) is 34.0. The highest BCUT2D eigenvalue weighted by Gasteiger charge is 2.48. The van der Waals surface area contributed by atoms with Crippen molar-refractivity contribution in [1.29, 1.82) is 0 Å². The molecule has 96 heavy (non-hydrogen) atoms. The summed E-state index contributed by atoms with van der Waals surface area (Å²) in [6.07, 6.45) is 0. The van der Waals surface area contributed by atoms with Gasteiger partial charge >= 0.3 is 0 Å². The smallest absolute Gasteiger partial charge is 0.262 e. The predicted molar refractivity (Wildman–Crippen MR) is 383 cm³/mol. The fraction of sp³-hybridized carbons (Fsp3) is 0.390. The number of ether oxygens (including phenoxy) is 4. The van der Waals surface area contributed by atoms with Crippen LogP contribution in [-0.2, 0) is 31.2 Å². The number of imide groups is 2. The van der Waals surface area contributed by atoms with Gasteiger partial charge in [0, 0.05) is 69.3 Å². The number of hydrogen-bond acceptors (Lipinski definition) is 10. The Labute approximate surface area is 565 Å². The van der Waals surface area contributed by atoms with Crippen molar-refractivity contribution in [1.82, 2.24) is 19.6 Å². The molecule has 0 N–H and O–H groups in total. The molecule has 2 aliphatic heterocycles. The van der Waals surface area contributed by atoms with E-state index in [2.05, 4.69) is 83.1 Å². The van der Waals surface area contributed by atoms with Crippen molar-refractivity contribution in [3.05, 3.63) is 166 Å². The lowest BCUT2D eigenvalue weighted by Gasteiger charge is -2.38. The molecule has 0 aromatic heterocycles. The Morgan fingerprint density at radius 1 is 0.333 bits per heavy atom. The number of carbonyl (C=O) groups is 6. The van der Waals surface area contributed by atoms with Crippen molar-refractivity contribution in [2.75, 3.05) is 26.2 Å². The zero-order chi connectivity index (χ0) is 69.7. The van der Waals surface area contributed by atoms with Crippen molar-refractivity contribution >= 4 is 78.5 Å². The molecule has 2 unspecified atom stereocenters. The Hall–Kier alpha value is -9.30. The van der Waals surface area contributed by atoms with Crippen LogP contribution in [-0.4, -0.2) is 93.3 Å². The van der Waals surface area contributed by atoms with Crippen LogP contribution in [0.15, 0.2) is 121 Å². The summed E-state index contributed by atoms with van der Waals surface area (Å²) < 4.78 is 29.3. The third-order valence-electron chi connectivity index (χ3n) is 19.2. The minimum absolute atomic E-state index is 0.0816. The second-order valence-corrected chi connectivity index (χ2v) is 30.6. The Kier molecular flexibility index (Phi) is 17.8. The molecule has 2 heterocycles. The van der Waals surface area contributed by atoms with Gasteiger partial charge in [-0.2, -0.15) is 0 Å². The lowest BCUT2D eigenvalue weighted by molar-refractivity contribution is -0.137. The van der Waals surface area contributed by atoms with Gasteiger partial charge in [0.2, 0.25) is 11.8 Å². The molecule has 14 nitrogen and oxygen atoms in total. The van der Waals surface area contributed by atoms with Crippen LogP contribution < -0.4 is 18.9 Å². The summed E-state index contributed by atoms with van der Waals surface area (Å²) in [7, 11) is 0. The first kappa shape index (κ1) is 68.1. The van der Waals surface area contributed by atoms with Crippen LogP contribution in [0.3, 0.4) is 0 Å². The van der Waals surface area contributed by atoms with Crippen LogP contribution in [0, 0.1) is 11.8 Å². The van der Waals surface area contributed by atoms with Gasteiger partial charge in [0.15, 0.2) is 0 Å². The summed E-state index contributed by atoms with van der Waals surface area (Å²) in [6.45, 7) is 41.7. The van der Waals surface area contributed by atoms with Crippen LogP contribution in [0.25, 0.3) is 43.1 Å². The van der Waals surface area contributed by atoms with E-state index in [4.69, 9.17) is 18.9 Å². The van der Waals surface area contributed by atoms with Gasteiger partial charge in [-0.05, 0) is 156 Å². The van der Waals surface area contributed by atoms with Gasteiger partial charge in [-0.3, -0.25) is 38.6 Å². The van der Waals surface area contributed by atoms with E-state index in [1.165, 1.54) is 0 Å². The molecule has 0 bridgehead atoms. The highest BCUT2D eigenvalue weighted by molar-refractivity contribution is 6.45. The zero-order valence-electron chi connectivity index (χ0n) is 59.6. The summed E-state index contributed by atoms with van der Waals surface area (Å²) in [4.78, 5) is 100. The summed E-state index contributed by atoms with van der Waals surface area (Å²) in [5.41, 5.74) is 3.58. The zero-order valence-corrected chi connectivity index (χ0v) is 59.6. The molecule has 2 atom stereocenters. The number of fused-ring (bicyclic) bond motifs is 2. The molecule has 11 rings (SSSR count). The van der Waals surface area contributed by atoms with Crippen molar-refractivity contribution in [3.63, 3.8) is 0 Å². The molecule has 0 fully saturated rings. The first-order valence-corrected chi connectivity index (χ1v) is 34.0.